The van der Waals surface area contributed by atoms with Crippen molar-refractivity contribution in [2.45, 2.75) is 50.0 Å². The van der Waals surface area contributed by atoms with E-state index in [1.807, 2.05) is 0 Å². The van der Waals surface area contributed by atoms with Crippen LogP contribution in [0, 0.1) is 5.92 Å². The molecular weight excluding hydrogens is 331 g/mol. The van der Waals surface area contributed by atoms with Crippen LogP contribution in [0.5, 0.6) is 0 Å². The molecule has 4 nitrogen and oxygen atoms in total. The molecule has 0 atom stereocenters. The van der Waals surface area contributed by atoms with Crippen molar-refractivity contribution in [2.24, 2.45) is 5.92 Å². The van der Waals surface area contributed by atoms with Crippen LogP contribution < -0.4 is 10.5 Å². The molecule has 0 radical (unpaired) electrons. The Hall–Kier alpha value is -0.490. The van der Waals surface area contributed by atoms with Crippen LogP contribution in [-0.4, -0.2) is 14.5 Å². The average Bonchev–Trinajstić information content (AvgIpc) is 2.45. The van der Waals surface area contributed by atoms with Crippen LogP contribution in [-0.2, 0) is 10.0 Å². The molecule has 118 valence electrons. The third kappa shape index (κ3) is 3.83. The van der Waals surface area contributed by atoms with Gasteiger partial charge < -0.3 is 5.73 Å². The third-order valence-electron chi connectivity index (χ3n) is 4.13. The Bertz CT molecular complexity index is 612. The van der Waals surface area contributed by atoms with Gasteiger partial charge in [-0.15, -0.1) is 0 Å². The summed E-state index contributed by atoms with van der Waals surface area (Å²) in [5, 5.41) is 0.236. The summed E-state index contributed by atoms with van der Waals surface area (Å²) in [5.74, 6) is 0.709. The van der Waals surface area contributed by atoms with Gasteiger partial charge in [0.15, 0.2) is 0 Å². The quantitative estimate of drug-likeness (QED) is 0.810. The van der Waals surface area contributed by atoms with Crippen molar-refractivity contribution < 1.29 is 8.42 Å². The number of hydrogen-bond acceptors (Lipinski definition) is 3. The van der Waals surface area contributed by atoms with E-state index in [2.05, 4.69) is 11.6 Å². The topological polar surface area (TPSA) is 72.2 Å². The Kier molecular flexibility index (Phi) is 5.41. The number of nitrogens with two attached hydrogens (primary N) is 1. The zero-order chi connectivity index (χ0) is 15.6. The fourth-order valence-corrected chi connectivity index (χ4v) is 4.80. The number of nitrogen functional groups attached to an aromatic ring is 1. The van der Waals surface area contributed by atoms with E-state index in [-0.39, 0.29) is 26.7 Å². The molecule has 0 saturated heterocycles. The minimum atomic E-state index is -3.67. The van der Waals surface area contributed by atoms with Gasteiger partial charge in [-0.25, -0.2) is 13.1 Å². The largest absolute Gasteiger partial charge is 0.396 e. The molecule has 0 unspecified atom stereocenters. The maximum Gasteiger partial charge on any atom is 0.242 e. The van der Waals surface area contributed by atoms with Crippen molar-refractivity contribution in [2.75, 3.05) is 5.73 Å². The first-order chi connectivity index (χ1) is 9.85. The number of sulfonamides is 1. The molecule has 0 aliphatic heterocycles. The Morgan fingerprint density at radius 3 is 2.43 bits per heavy atom. The molecule has 3 N–H and O–H groups in total. The van der Waals surface area contributed by atoms with Crippen LogP contribution in [0.4, 0.5) is 5.69 Å². The molecule has 1 fully saturated rings. The number of nitrogens with one attached hydrogen (secondary N) is 1. The predicted molar refractivity (Wildman–Crippen MR) is 87.2 cm³/mol. The van der Waals surface area contributed by atoms with Gasteiger partial charge in [0, 0.05) is 6.04 Å². The summed E-state index contributed by atoms with van der Waals surface area (Å²) in [6.45, 7) is 2.17. The molecule has 0 amide bonds. The maximum absolute atomic E-state index is 12.4. The van der Waals surface area contributed by atoms with Gasteiger partial charge in [0.1, 0.15) is 4.90 Å². The van der Waals surface area contributed by atoms with Crippen LogP contribution >= 0.6 is 23.2 Å². The van der Waals surface area contributed by atoms with E-state index < -0.39 is 10.0 Å². The lowest BCUT2D eigenvalue weighted by Gasteiger charge is -2.28. The van der Waals surface area contributed by atoms with Gasteiger partial charge in [0.05, 0.1) is 15.7 Å². The lowest BCUT2D eigenvalue weighted by Crippen LogP contribution is -2.37. The van der Waals surface area contributed by atoms with E-state index in [0.29, 0.717) is 5.92 Å². The highest BCUT2D eigenvalue weighted by molar-refractivity contribution is 7.89. The number of halogens is 2. The van der Waals surface area contributed by atoms with Gasteiger partial charge in [0.25, 0.3) is 0 Å². The van der Waals surface area contributed by atoms with E-state index in [9.17, 15) is 8.42 Å². The summed E-state index contributed by atoms with van der Waals surface area (Å²) in [6, 6.07) is 2.80. The molecule has 7 heteroatoms. The number of rotatable bonds is 4. The van der Waals surface area contributed by atoms with Crippen molar-refractivity contribution in [3.05, 3.63) is 22.2 Å². The summed E-state index contributed by atoms with van der Waals surface area (Å²) < 4.78 is 27.6. The second-order valence-corrected chi connectivity index (χ2v) is 7.99. The monoisotopic (exact) mass is 350 g/mol. The van der Waals surface area contributed by atoms with E-state index in [1.165, 1.54) is 12.1 Å². The van der Waals surface area contributed by atoms with E-state index in [0.717, 1.165) is 32.1 Å². The van der Waals surface area contributed by atoms with Crippen molar-refractivity contribution >= 4 is 38.9 Å². The second kappa shape index (κ2) is 6.73. The third-order valence-corrected chi connectivity index (χ3v) is 6.54. The van der Waals surface area contributed by atoms with E-state index >= 15 is 0 Å². The van der Waals surface area contributed by atoms with E-state index in [4.69, 9.17) is 28.9 Å². The summed E-state index contributed by atoms with van der Waals surface area (Å²) in [7, 11) is -3.67. The highest BCUT2D eigenvalue weighted by Crippen LogP contribution is 2.34. The smallest absolute Gasteiger partial charge is 0.242 e. The maximum atomic E-state index is 12.4. The SMILES string of the molecule is CCC1CCC(NS(=O)(=O)c2ccc(Cl)c(N)c2Cl)CC1. The molecule has 0 heterocycles. The van der Waals surface area contributed by atoms with Gasteiger partial charge in [-0.1, -0.05) is 36.5 Å². The highest BCUT2D eigenvalue weighted by atomic mass is 35.5. The number of anilines is 1. The molecule has 21 heavy (non-hydrogen) atoms. The summed E-state index contributed by atoms with van der Waals surface area (Å²) in [6.07, 6.45) is 4.98. The van der Waals surface area contributed by atoms with Crippen molar-refractivity contribution in [1.82, 2.24) is 4.72 Å². The molecule has 0 bridgehead atoms. The summed E-state index contributed by atoms with van der Waals surface area (Å²) >= 11 is 11.9. The standard InChI is InChI=1S/C14H20Cl2N2O2S/c1-2-9-3-5-10(6-4-9)18-21(19,20)12-8-7-11(15)14(17)13(12)16/h7-10,18H,2-6,17H2,1H3. The minimum Gasteiger partial charge on any atom is -0.396 e. The van der Waals surface area contributed by atoms with E-state index in [1.54, 1.807) is 0 Å². The second-order valence-electron chi connectivity index (χ2n) is 5.52. The molecule has 1 aromatic rings. The lowest BCUT2D eigenvalue weighted by atomic mass is 9.85. The Labute approximate surface area is 136 Å². The van der Waals surface area contributed by atoms with Crippen LogP contribution in [0.3, 0.4) is 0 Å². The Morgan fingerprint density at radius 1 is 1.24 bits per heavy atom. The molecule has 1 aliphatic carbocycles. The fourth-order valence-electron chi connectivity index (χ4n) is 2.73. The normalized spacial score (nSPS) is 23.2. The van der Waals surface area contributed by atoms with Gasteiger partial charge in [-0.3, -0.25) is 0 Å². The minimum absolute atomic E-state index is 0.0105. The first kappa shape index (κ1) is 16.9. The van der Waals surface area contributed by atoms with Crippen molar-refractivity contribution in [1.29, 1.82) is 0 Å². The molecule has 0 spiro atoms. The zero-order valence-electron chi connectivity index (χ0n) is 11.9. The Morgan fingerprint density at radius 2 is 1.86 bits per heavy atom. The summed E-state index contributed by atoms with van der Waals surface area (Å²) in [5.41, 5.74) is 5.79. The number of hydrogen-bond donors (Lipinski definition) is 2. The zero-order valence-corrected chi connectivity index (χ0v) is 14.2. The molecule has 1 aromatic carbocycles. The predicted octanol–water partition coefficient (Wildman–Crippen LogP) is 3.82. The van der Waals surface area contributed by atoms with Crippen molar-refractivity contribution in [3.8, 4) is 0 Å². The van der Waals surface area contributed by atoms with Crippen LogP contribution in [0.1, 0.15) is 39.0 Å². The van der Waals surface area contributed by atoms with Crippen LogP contribution in [0.25, 0.3) is 0 Å². The summed E-state index contributed by atoms with van der Waals surface area (Å²) in [4.78, 5) is -0.0105. The molecular formula is C14H20Cl2N2O2S. The molecule has 1 aliphatic rings. The molecule has 1 saturated carbocycles. The van der Waals surface area contributed by atoms with Crippen LogP contribution in [0.2, 0.25) is 10.0 Å². The van der Waals surface area contributed by atoms with Crippen molar-refractivity contribution in [3.63, 3.8) is 0 Å². The van der Waals surface area contributed by atoms with Gasteiger partial charge >= 0.3 is 0 Å². The van der Waals surface area contributed by atoms with Gasteiger partial charge in [0.2, 0.25) is 10.0 Å². The average molecular weight is 351 g/mol. The highest BCUT2D eigenvalue weighted by Gasteiger charge is 2.27. The molecule has 0 aromatic heterocycles. The first-order valence-electron chi connectivity index (χ1n) is 7.11. The first-order valence-corrected chi connectivity index (χ1v) is 9.35. The Balaban J connectivity index is 2.15. The van der Waals surface area contributed by atoms with Gasteiger partial charge in [-0.2, -0.15) is 0 Å². The molecule has 2 rings (SSSR count). The number of benzene rings is 1. The van der Waals surface area contributed by atoms with Gasteiger partial charge in [-0.05, 0) is 43.7 Å². The lowest BCUT2D eigenvalue weighted by molar-refractivity contribution is 0.306. The van der Waals surface area contributed by atoms with Crippen LogP contribution in [0.15, 0.2) is 17.0 Å². The fraction of sp³-hybridized carbons (Fsp3) is 0.571.